The van der Waals surface area contributed by atoms with Gasteiger partial charge in [-0.2, -0.15) is 0 Å². The predicted molar refractivity (Wildman–Crippen MR) is 82.3 cm³/mol. The van der Waals surface area contributed by atoms with E-state index in [2.05, 4.69) is 53.8 Å². The summed E-state index contributed by atoms with van der Waals surface area (Å²) < 4.78 is 6.58. The van der Waals surface area contributed by atoms with Gasteiger partial charge in [0.15, 0.2) is 0 Å². The molecule has 0 spiro atoms. The highest BCUT2D eigenvalue weighted by Gasteiger charge is 2.28. The van der Waals surface area contributed by atoms with Gasteiger partial charge in [0.05, 0.1) is 16.8 Å². The van der Waals surface area contributed by atoms with Crippen LogP contribution < -0.4 is 5.32 Å². The molecule has 108 valence electrons. The molecule has 1 N–H and O–H groups in total. The van der Waals surface area contributed by atoms with Crippen LogP contribution in [0.1, 0.15) is 52.3 Å². The van der Waals surface area contributed by atoms with Crippen molar-refractivity contribution in [2.45, 2.75) is 58.2 Å². The third kappa shape index (κ3) is 3.83. The fraction of sp³-hybridized carbons (Fsp3) is 0.733. The minimum absolute atomic E-state index is 0.260. The number of furan rings is 1. The summed E-state index contributed by atoms with van der Waals surface area (Å²) in [7, 11) is 0. The predicted octanol–water partition coefficient (Wildman–Crippen LogP) is 3.96. The van der Waals surface area contributed by atoms with Gasteiger partial charge in [0.1, 0.15) is 5.76 Å². The Morgan fingerprint density at radius 3 is 2.47 bits per heavy atom. The van der Waals surface area contributed by atoms with Crippen molar-refractivity contribution < 1.29 is 4.42 Å². The van der Waals surface area contributed by atoms with Gasteiger partial charge in [-0.1, -0.05) is 0 Å². The summed E-state index contributed by atoms with van der Waals surface area (Å²) in [5.74, 6) is 0.998. The number of nitrogens with one attached hydrogen (secondary N) is 1. The Morgan fingerprint density at radius 1 is 1.37 bits per heavy atom. The average Bonchev–Trinajstić information content (AvgIpc) is 2.75. The molecule has 0 aliphatic carbocycles. The topological polar surface area (TPSA) is 28.4 Å². The van der Waals surface area contributed by atoms with Gasteiger partial charge < -0.3 is 9.73 Å². The Morgan fingerprint density at radius 2 is 2.00 bits per heavy atom. The molecular formula is C15H25BrN2O. The van der Waals surface area contributed by atoms with Crippen molar-refractivity contribution in [1.82, 2.24) is 10.2 Å². The Balaban J connectivity index is 1.85. The van der Waals surface area contributed by atoms with Crippen molar-refractivity contribution >= 4 is 15.9 Å². The van der Waals surface area contributed by atoms with Gasteiger partial charge in [-0.3, -0.25) is 4.90 Å². The number of piperidine rings is 1. The summed E-state index contributed by atoms with van der Waals surface area (Å²) in [5, 5.41) is 3.68. The van der Waals surface area contributed by atoms with Crippen LogP contribution in [0.15, 0.2) is 21.2 Å². The number of hydrogen-bond donors (Lipinski definition) is 1. The lowest BCUT2D eigenvalue weighted by atomic mass is 9.97. The second kappa shape index (κ2) is 5.98. The van der Waals surface area contributed by atoms with E-state index in [9.17, 15) is 0 Å². The molecule has 1 aromatic heterocycles. The van der Waals surface area contributed by atoms with E-state index in [1.807, 2.05) is 6.07 Å². The molecule has 1 atom stereocenters. The number of nitrogens with zero attached hydrogens (tertiary/aromatic N) is 1. The fourth-order valence-electron chi connectivity index (χ4n) is 2.76. The molecule has 2 heterocycles. The normalized spacial score (nSPS) is 20.7. The van der Waals surface area contributed by atoms with E-state index in [1.165, 1.54) is 25.9 Å². The van der Waals surface area contributed by atoms with Crippen molar-refractivity contribution in [3.05, 3.63) is 22.6 Å². The summed E-state index contributed by atoms with van der Waals surface area (Å²) in [4.78, 5) is 2.57. The number of halogens is 1. The maximum Gasteiger partial charge on any atom is 0.134 e. The summed E-state index contributed by atoms with van der Waals surface area (Å²) in [5.41, 5.74) is 0.292. The van der Waals surface area contributed by atoms with E-state index in [0.717, 1.165) is 10.2 Å². The molecule has 4 heteroatoms. The molecule has 0 radical (unpaired) electrons. The first-order valence-electron chi connectivity index (χ1n) is 7.12. The van der Waals surface area contributed by atoms with E-state index in [1.54, 1.807) is 6.26 Å². The lowest BCUT2D eigenvalue weighted by molar-refractivity contribution is 0.0935. The quantitative estimate of drug-likeness (QED) is 0.910. The SMILES string of the molecule is CC(NC1CCN(C(C)(C)C)CC1)c1occc1Br. The lowest BCUT2D eigenvalue weighted by Gasteiger charge is -2.41. The Kier molecular flexibility index (Phi) is 4.75. The van der Waals surface area contributed by atoms with E-state index in [0.29, 0.717) is 11.6 Å². The maximum absolute atomic E-state index is 5.52. The van der Waals surface area contributed by atoms with Gasteiger partial charge >= 0.3 is 0 Å². The zero-order valence-electron chi connectivity index (χ0n) is 12.4. The number of hydrogen-bond acceptors (Lipinski definition) is 3. The second-order valence-electron chi connectivity index (χ2n) is 6.45. The zero-order chi connectivity index (χ0) is 14.0. The highest BCUT2D eigenvalue weighted by Crippen LogP contribution is 2.26. The first-order valence-corrected chi connectivity index (χ1v) is 7.91. The van der Waals surface area contributed by atoms with Gasteiger partial charge in [-0.15, -0.1) is 0 Å². The van der Waals surface area contributed by atoms with Gasteiger partial charge in [-0.25, -0.2) is 0 Å². The smallest absolute Gasteiger partial charge is 0.134 e. The van der Waals surface area contributed by atoms with Crippen LogP contribution in [0.4, 0.5) is 0 Å². The Bertz CT molecular complexity index is 403. The minimum atomic E-state index is 0.260. The molecule has 1 saturated heterocycles. The van der Waals surface area contributed by atoms with Crippen molar-refractivity contribution in [2.75, 3.05) is 13.1 Å². The molecular weight excluding hydrogens is 304 g/mol. The molecule has 1 aliphatic heterocycles. The summed E-state index contributed by atoms with van der Waals surface area (Å²) >= 11 is 3.53. The highest BCUT2D eigenvalue weighted by atomic mass is 79.9. The molecule has 0 aromatic carbocycles. The molecule has 1 aliphatic rings. The van der Waals surface area contributed by atoms with E-state index >= 15 is 0 Å². The monoisotopic (exact) mass is 328 g/mol. The standard InChI is InChI=1S/C15H25BrN2O/c1-11(14-13(16)7-10-19-14)17-12-5-8-18(9-6-12)15(2,3)4/h7,10-12,17H,5-6,8-9H2,1-4H3. The molecule has 19 heavy (non-hydrogen) atoms. The van der Waals surface area contributed by atoms with Crippen molar-refractivity contribution in [1.29, 1.82) is 0 Å². The molecule has 1 fully saturated rings. The van der Waals surface area contributed by atoms with Crippen LogP contribution in [0, 0.1) is 0 Å². The highest BCUT2D eigenvalue weighted by molar-refractivity contribution is 9.10. The molecule has 0 saturated carbocycles. The third-order valence-electron chi connectivity index (χ3n) is 3.97. The van der Waals surface area contributed by atoms with Crippen molar-refractivity contribution in [2.24, 2.45) is 0 Å². The lowest BCUT2D eigenvalue weighted by Crippen LogP contribution is -2.50. The van der Waals surface area contributed by atoms with Crippen LogP contribution in [0.3, 0.4) is 0 Å². The van der Waals surface area contributed by atoms with E-state index in [4.69, 9.17) is 4.42 Å². The maximum atomic E-state index is 5.52. The molecule has 0 amide bonds. The summed E-state index contributed by atoms with van der Waals surface area (Å²) in [6, 6.07) is 2.80. The average molecular weight is 329 g/mol. The minimum Gasteiger partial charge on any atom is -0.466 e. The van der Waals surface area contributed by atoms with Crippen LogP contribution in [0.2, 0.25) is 0 Å². The van der Waals surface area contributed by atoms with Gasteiger partial charge in [0.2, 0.25) is 0 Å². The first-order chi connectivity index (χ1) is 8.88. The van der Waals surface area contributed by atoms with Crippen molar-refractivity contribution in [3.63, 3.8) is 0 Å². The molecule has 1 unspecified atom stereocenters. The van der Waals surface area contributed by atoms with Gasteiger partial charge in [-0.05, 0) is 62.5 Å². The van der Waals surface area contributed by atoms with Crippen LogP contribution in [0.25, 0.3) is 0 Å². The number of rotatable bonds is 3. The summed E-state index contributed by atoms with van der Waals surface area (Å²) in [6.45, 7) is 11.4. The van der Waals surface area contributed by atoms with Crippen LogP contribution in [-0.2, 0) is 0 Å². The fourth-order valence-corrected chi connectivity index (χ4v) is 3.31. The molecule has 1 aromatic rings. The van der Waals surface area contributed by atoms with Crippen LogP contribution >= 0.6 is 15.9 Å². The van der Waals surface area contributed by atoms with E-state index < -0.39 is 0 Å². The summed E-state index contributed by atoms with van der Waals surface area (Å²) in [6.07, 6.45) is 4.15. The number of likely N-dealkylation sites (tertiary alicyclic amines) is 1. The molecule has 0 bridgehead atoms. The van der Waals surface area contributed by atoms with Gasteiger partial charge in [0, 0.05) is 24.7 Å². The van der Waals surface area contributed by atoms with E-state index in [-0.39, 0.29) is 6.04 Å². The molecule has 3 nitrogen and oxygen atoms in total. The van der Waals surface area contributed by atoms with Crippen molar-refractivity contribution in [3.8, 4) is 0 Å². The van der Waals surface area contributed by atoms with Crippen LogP contribution in [-0.4, -0.2) is 29.6 Å². The van der Waals surface area contributed by atoms with Gasteiger partial charge in [0.25, 0.3) is 0 Å². The first kappa shape index (κ1) is 15.1. The molecule has 2 rings (SSSR count). The van der Waals surface area contributed by atoms with Crippen LogP contribution in [0.5, 0.6) is 0 Å². The Labute approximate surface area is 124 Å². The Hall–Kier alpha value is -0.320. The largest absolute Gasteiger partial charge is 0.466 e. The third-order valence-corrected chi connectivity index (χ3v) is 4.62. The zero-order valence-corrected chi connectivity index (χ0v) is 14.0. The second-order valence-corrected chi connectivity index (χ2v) is 7.31.